The fraction of sp³-hybridized carbons (Fsp3) is 0.923. The second-order valence-corrected chi connectivity index (χ2v) is 4.72. The Balaban J connectivity index is 2.26. The SMILES string of the molecule is CCCCCCN1CCCCC1C(C)=O. The molecule has 0 spiro atoms. The first kappa shape index (κ1) is 12.7. The van der Waals surface area contributed by atoms with Crippen molar-refractivity contribution in [3.8, 4) is 0 Å². The molecule has 1 unspecified atom stereocenters. The average molecular weight is 211 g/mol. The molecular weight excluding hydrogens is 186 g/mol. The number of piperidine rings is 1. The smallest absolute Gasteiger partial charge is 0.146 e. The Morgan fingerprint density at radius 2 is 2.07 bits per heavy atom. The monoisotopic (exact) mass is 211 g/mol. The van der Waals surface area contributed by atoms with E-state index >= 15 is 0 Å². The summed E-state index contributed by atoms with van der Waals surface area (Å²) in [5.41, 5.74) is 0. The summed E-state index contributed by atoms with van der Waals surface area (Å²) in [5.74, 6) is 0.366. The van der Waals surface area contributed by atoms with Gasteiger partial charge >= 0.3 is 0 Å². The fourth-order valence-corrected chi connectivity index (χ4v) is 2.46. The van der Waals surface area contributed by atoms with Gasteiger partial charge in [-0.05, 0) is 39.3 Å². The molecule has 0 bridgehead atoms. The maximum absolute atomic E-state index is 11.5. The van der Waals surface area contributed by atoms with Crippen molar-refractivity contribution in [3.05, 3.63) is 0 Å². The van der Waals surface area contributed by atoms with Crippen LogP contribution in [0.4, 0.5) is 0 Å². The first-order valence-electron chi connectivity index (χ1n) is 6.50. The van der Waals surface area contributed by atoms with Crippen LogP contribution in [0.5, 0.6) is 0 Å². The summed E-state index contributed by atoms with van der Waals surface area (Å²) < 4.78 is 0. The van der Waals surface area contributed by atoms with E-state index in [0.717, 1.165) is 19.5 Å². The van der Waals surface area contributed by atoms with Gasteiger partial charge in [-0.1, -0.05) is 32.6 Å². The molecule has 1 fully saturated rings. The van der Waals surface area contributed by atoms with Gasteiger partial charge < -0.3 is 0 Å². The van der Waals surface area contributed by atoms with Crippen molar-refractivity contribution in [1.29, 1.82) is 0 Å². The molecule has 0 radical (unpaired) electrons. The van der Waals surface area contributed by atoms with Gasteiger partial charge in [0.2, 0.25) is 0 Å². The molecule has 88 valence electrons. The Hall–Kier alpha value is -0.370. The highest BCUT2D eigenvalue weighted by atomic mass is 16.1. The number of Topliss-reactive ketones (excluding diaryl/α,β-unsaturated/α-hetero) is 1. The first-order chi connectivity index (χ1) is 7.25. The van der Waals surface area contributed by atoms with E-state index in [1.165, 1.54) is 38.5 Å². The zero-order chi connectivity index (χ0) is 11.1. The maximum Gasteiger partial charge on any atom is 0.146 e. The molecule has 0 N–H and O–H groups in total. The van der Waals surface area contributed by atoms with Gasteiger partial charge in [0, 0.05) is 0 Å². The Morgan fingerprint density at radius 3 is 2.73 bits per heavy atom. The van der Waals surface area contributed by atoms with Gasteiger partial charge in [0.15, 0.2) is 0 Å². The zero-order valence-electron chi connectivity index (χ0n) is 10.3. The summed E-state index contributed by atoms with van der Waals surface area (Å²) in [7, 11) is 0. The molecule has 0 aromatic rings. The standard InChI is InChI=1S/C13H25NO/c1-3-4-5-7-10-14-11-8-6-9-13(14)12(2)15/h13H,3-11H2,1-2H3. The molecule has 2 heteroatoms. The normalized spacial score (nSPS) is 22.9. The van der Waals surface area contributed by atoms with Crippen LogP contribution in [0, 0.1) is 0 Å². The van der Waals surface area contributed by atoms with E-state index in [9.17, 15) is 4.79 Å². The summed E-state index contributed by atoms with van der Waals surface area (Å²) in [6.45, 7) is 6.24. The second-order valence-electron chi connectivity index (χ2n) is 4.72. The van der Waals surface area contributed by atoms with E-state index < -0.39 is 0 Å². The lowest BCUT2D eigenvalue weighted by atomic mass is 9.98. The quantitative estimate of drug-likeness (QED) is 0.629. The van der Waals surface area contributed by atoms with Crippen molar-refractivity contribution in [2.45, 2.75) is 64.8 Å². The minimum atomic E-state index is 0.236. The highest BCUT2D eigenvalue weighted by Crippen LogP contribution is 2.18. The van der Waals surface area contributed by atoms with Crippen molar-refractivity contribution in [1.82, 2.24) is 4.90 Å². The molecule has 0 aromatic heterocycles. The van der Waals surface area contributed by atoms with Crippen LogP contribution in [0.3, 0.4) is 0 Å². The van der Waals surface area contributed by atoms with E-state index in [-0.39, 0.29) is 6.04 Å². The molecule has 15 heavy (non-hydrogen) atoms. The third-order valence-corrected chi connectivity index (χ3v) is 3.38. The van der Waals surface area contributed by atoms with Crippen molar-refractivity contribution in [3.63, 3.8) is 0 Å². The van der Waals surface area contributed by atoms with E-state index in [4.69, 9.17) is 0 Å². The zero-order valence-corrected chi connectivity index (χ0v) is 10.3. The highest BCUT2D eigenvalue weighted by Gasteiger charge is 2.24. The molecule has 1 atom stereocenters. The molecule has 0 aromatic carbocycles. The number of carbonyl (C=O) groups is 1. The number of rotatable bonds is 6. The van der Waals surface area contributed by atoms with Crippen molar-refractivity contribution in [2.75, 3.05) is 13.1 Å². The molecule has 1 aliphatic heterocycles. The number of likely N-dealkylation sites (tertiary alicyclic amines) is 1. The number of hydrogen-bond donors (Lipinski definition) is 0. The molecule has 0 saturated carbocycles. The number of ketones is 1. The van der Waals surface area contributed by atoms with Crippen LogP contribution in [0.15, 0.2) is 0 Å². The van der Waals surface area contributed by atoms with Crippen LogP contribution in [0.25, 0.3) is 0 Å². The Labute approximate surface area is 94.0 Å². The number of unbranched alkanes of at least 4 members (excludes halogenated alkanes) is 3. The number of hydrogen-bond acceptors (Lipinski definition) is 2. The highest BCUT2D eigenvalue weighted by molar-refractivity contribution is 5.81. The first-order valence-corrected chi connectivity index (χ1v) is 6.50. The predicted octanol–water partition coefficient (Wildman–Crippen LogP) is 3.01. The lowest BCUT2D eigenvalue weighted by Gasteiger charge is -2.34. The average Bonchev–Trinajstić information content (AvgIpc) is 2.25. The van der Waals surface area contributed by atoms with Gasteiger partial charge in [0.1, 0.15) is 5.78 Å². The summed E-state index contributed by atoms with van der Waals surface area (Å²) >= 11 is 0. The van der Waals surface area contributed by atoms with Crippen LogP contribution in [0.2, 0.25) is 0 Å². The van der Waals surface area contributed by atoms with Crippen LogP contribution in [0.1, 0.15) is 58.8 Å². The second kappa shape index (κ2) is 7.00. The third kappa shape index (κ3) is 4.33. The van der Waals surface area contributed by atoms with Gasteiger partial charge in [0.05, 0.1) is 6.04 Å². The minimum Gasteiger partial charge on any atom is -0.298 e. The molecule has 0 aliphatic carbocycles. The molecule has 1 rings (SSSR count). The Kier molecular flexibility index (Phi) is 5.92. The van der Waals surface area contributed by atoms with E-state index in [1.807, 2.05) is 0 Å². The molecule has 2 nitrogen and oxygen atoms in total. The minimum absolute atomic E-state index is 0.236. The third-order valence-electron chi connectivity index (χ3n) is 3.38. The van der Waals surface area contributed by atoms with Gasteiger partial charge in [0.25, 0.3) is 0 Å². The van der Waals surface area contributed by atoms with Crippen LogP contribution >= 0.6 is 0 Å². The molecular formula is C13H25NO. The van der Waals surface area contributed by atoms with Crippen LogP contribution < -0.4 is 0 Å². The lowest BCUT2D eigenvalue weighted by molar-refractivity contribution is -0.123. The number of carbonyl (C=O) groups excluding carboxylic acids is 1. The summed E-state index contributed by atoms with van der Waals surface area (Å²) in [4.78, 5) is 13.9. The summed E-state index contributed by atoms with van der Waals surface area (Å²) in [6.07, 6.45) is 8.79. The number of nitrogens with zero attached hydrogens (tertiary/aromatic N) is 1. The van der Waals surface area contributed by atoms with Gasteiger partial charge in [-0.25, -0.2) is 0 Å². The topological polar surface area (TPSA) is 20.3 Å². The van der Waals surface area contributed by atoms with E-state index in [0.29, 0.717) is 5.78 Å². The van der Waals surface area contributed by atoms with Gasteiger partial charge in [-0.15, -0.1) is 0 Å². The molecule has 1 saturated heterocycles. The van der Waals surface area contributed by atoms with E-state index in [1.54, 1.807) is 6.92 Å². The lowest BCUT2D eigenvalue weighted by Crippen LogP contribution is -2.44. The van der Waals surface area contributed by atoms with Gasteiger partial charge in [-0.2, -0.15) is 0 Å². The largest absolute Gasteiger partial charge is 0.298 e. The van der Waals surface area contributed by atoms with E-state index in [2.05, 4.69) is 11.8 Å². The Bertz CT molecular complexity index is 191. The molecule has 1 heterocycles. The fourth-order valence-electron chi connectivity index (χ4n) is 2.46. The van der Waals surface area contributed by atoms with Gasteiger partial charge in [-0.3, -0.25) is 9.69 Å². The molecule has 1 aliphatic rings. The van der Waals surface area contributed by atoms with Crippen molar-refractivity contribution in [2.24, 2.45) is 0 Å². The summed E-state index contributed by atoms with van der Waals surface area (Å²) in [6, 6.07) is 0.236. The maximum atomic E-state index is 11.5. The molecule has 0 amide bonds. The van der Waals surface area contributed by atoms with Crippen LogP contribution in [-0.4, -0.2) is 29.8 Å². The van der Waals surface area contributed by atoms with Crippen LogP contribution in [-0.2, 0) is 4.79 Å². The van der Waals surface area contributed by atoms with Crippen molar-refractivity contribution >= 4 is 5.78 Å². The van der Waals surface area contributed by atoms with Crippen molar-refractivity contribution < 1.29 is 4.79 Å². The Morgan fingerprint density at radius 1 is 1.27 bits per heavy atom. The summed E-state index contributed by atoms with van der Waals surface area (Å²) in [5, 5.41) is 0. The predicted molar refractivity (Wildman–Crippen MR) is 64.0 cm³/mol.